The number of hydrogen-bond acceptors (Lipinski definition) is 7. The average molecular weight is 411 g/mol. The fourth-order valence-electron chi connectivity index (χ4n) is 3.18. The molecule has 7 nitrogen and oxygen atoms in total. The van der Waals surface area contributed by atoms with Crippen molar-refractivity contribution in [3.8, 4) is 0 Å². The largest absolute Gasteiger partial charge is 0.394 e. The van der Waals surface area contributed by atoms with Gasteiger partial charge in [0.1, 0.15) is 36.3 Å². The fourth-order valence-corrected chi connectivity index (χ4v) is 3.87. The van der Waals surface area contributed by atoms with E-state index in [9.17, 15) is 29.6 Å². The maximum absolute atomic E-state index is 13.5. The summed E-state index contributed by atoms with van der Waals surface area (Å²) in [5.41, 5.74) is 0.550. The number of amides is 1. The Bertz CT molecular complexity index is 786. The third kappa shape index (κ3) is 4.57. The van der Waals surface area contributed by atoms with E-state index in [0.717, 1.165) is 0 Å². The molecule has 2 aromatic rings. The van der Waals surface area contributed by atoms with Crippen LogP contribution in [0.3, 0.4) is 0 Å². The van der Waals surface area contributed by atoms with E-state index in [-0.39, 0.29) is 19.0 Å². The number of carbonyl (C=O) groups excluding carboxylic acids is 1. The van der Waals surface area contributed by atoms with Crippen LogP contribution >= 0.6 is 11.3 Å². The Morgan fingerprint density at radius 3 is 2.50 bits per heavy atom. The molecule has 2 heterocycles. The summed E-state index contributed by atoms with van der Waals surface area (Å²) in [6.07, 6.45) is -6.54. The van der Waals surface area contributed by atoms with E-state index in [0.29, 0.717) is 10.4 Å². The lowest BCUT2D eigenvalue weighted by Crippen LogP contribution is -2.61. The van der Waals surface area contributed by atoms with Crippen molar-refractivity contribution in [2.75, 3.05) is 13.2 Å². The highest BCUT2D eigenvalue weighted by Crippen LogP contribution is 2.24. The van der Waals surface area contributed by atoms with E-state index in [4.69, 9.17) is 4.74 Å². The molecule has 3 rings (SSSR count). The predicted octanol–water partition coefficient (Wildman–Crippen LogP) is 0.372. The molecule has 5 atom stereocenters. The number of carbonyl (C=O) groups is 1. The fraction of sp³-hybridized carbons (Fsp3) is 0.421. The first kappa shape index (κ1) is 20.8. The molecule has 0 aliphatic carbocycles. The summed E-state index contributed by atoms with van der Waals surface area (Å²) in [7, 11) is 0. The normalized spacial score (nSPS) is 27.5. The Morgan fingerprint density at radius 2 is 1.86 bits per heavy atom. The van der Waals surface area contributed by atoms with Crippen LogP contribution in [0, 0.1) is 5.82 Å². The number of rotatable bonds is 6. The third-order valence-electron chi connectivity index (χ3n) is 4.67. The average Bonchev–Trinajstić information content (AvgIpc) is 3.22. The van der Waals surface area contributed by atoms with Crippen LogP contribution < -0.4 is 0 Å². The van der Waals surface area contributed by atoms with Crippen molar-refractivity contribution in [1.29, 1.82) is 0 Å². The minimum Gasteiger partial charge on any atom is -0.394 e. The number of halogens is 1. The molecule has 9 heteroatoms. The number of thiophene rings is 1. The van der Waals surface area contributed by atoms with E-state index in [2.05, 4.69) is 0 Å². The van der Waals surface area contributed by atoms with Gasteiger partial charge < -0.3 is 30.1 Å². The van der Waals surface area contributed by atoms with Crippen LogP contribution in [0.5, 0.6) is 0 Å². The quantitative estimate of drug-likeness (QED) is 0.547. The highest BCUT2D eigenvalue weighted by Gasteiger charge is 2.44. The van der Waals surface area contributed by atoms with Crippen LogP contribution in [0.25, 0.3) is 0 Å². The SMILES string of the molecule is O=C(c1cccs1)N(Cc1cccc(F)c1)C[C@@H]1O[C@H](CO)[C@@H](O)[C@H](O)[C@@H]1O. The van der Waals surface area contributed by atoms with Crippen molar-refractivity contribution in [2.24, 2.45) is 0 Å². The molecule has 152 valence electrons. The molecule has 0 bridgehead atoms. The van der Waals surface area contributed by atoms with E-state index >= 15 is 0 Å². The van der Waals surface area contributed by atoms with Crippen molar-refractivity contribution < 1.29 is 34.3 Å². The second-order valence-electron chi connectivity index (χ2n) is 6.66. The molecule has 0 radical (unpaired) electrons. The van der Waals surface area contributed by atoms with Crippen molar-refractivity contribution in [3.63, 3.8) is 0 Å². The first-order valence-electron chi connectivity index (χ1n) is 8.78. The molecule has 1 saturated heterocycles. The lowest BCUT2D eigenvalue weighted by atomic mass is 9.94. The Balaban J connectivity index is 1.83. The van der Waals surface area contributed by atoms with Gasteiger partial charge in [-0.15, -0.1) is 11.3 Å². The summed E-state index contributed by atoms with van der Waals surface area (Å²) in [6.45, 7) is -0.609. The molecule has 1 aromatic carbocycles. The molecule has 4 N–H and O–H groups in total. The number of hydrogen-bond donors (Lipinski definition) is 4. The third-order valence-corrected chi connectivity index (χ3v) is 5.53. The van der Waals surface area contributed by atoms with Crippen molar-refractivity contribution in [1.82, 2.24) is 4.90 Å². The monoisotopic (exact) mass is 411 g/mol. The zero-order chi connectivity index (χ0) is 20.3. The van der Waals surface area contributed by atoms with Crippen LogP contribution in [0.15, 0.2) is 41.8 Å². The van der Waals surface area contributed by atoms with Gasteiger partial charge in [-0.1, -0.05) is 18.2 Å². The standard InChI is InChI=1S/C19H22FNO6S/c20-12-4-1-3-11(7-12)8-21(19(26)15-5-2-6-28-15)9-13-16(23)18(25)17(24)14(10-22)27-13/h1-7,13-14,16-18,22-25H,8-10H2/t13-,14+,16+,17+,18+/m0/s1. The molecule has 0 spiro atoms. The number of ether oxygens (including phenoxy) is 1. The van der Waals surface area contributed by atoms with Crippen molar-refractivity contribution in [2.45, 2.75) is 37.1 Å². The smallest absolute Gasteiger partial charge is 0.264 e. The molecular weight excluding hydrogens is 389 g/mol. The second-order valence-corrected chi connectivity index (χ2v) is 7.61. The van der Waals surface area contributed by atoms with Crippen LogP contribution in [0.4, 0.5) is 4.39 Å². The summed E-state index contributed by atoms with van der Waals surface area (Å²) >= 11 is 1.24. The van der Waals surface area contributed by atoms with Gasteiger partial charge in [0, 0.05) is 6.54 Å². The maximum atomic E-state index is 13.5. The summed E-state index contributed by atoms with van der Waals surface area (Å²) < 4.78 is 19.1. The van der Waals surface area contributed by atoms with Gasteiger partial charge in [-0.05, 0) is 29.1 Å². The van der Waals surface area contributed by atoms with E-state index < -0.39 is 42.9 Å². The van der Waals surface area contributed by atoms with Gasteiger partial charge in [0.2, 0.25) is 0 Å². The van der Waals surface area contributed by atoms with E-state index in [1.165, 1.54) is 34.4 Å². The topological polar surface area (TPSA) is 110 Å². The highest BCUT2D eigenvalue weighted by molar-refractivity contribution is 7.12. The molecule has 0 saturated carbocycles. The van der Waals surface area contributed by atoms with E-state index in [1.807, 2.05) is 0 Å². The van der Waals surface area contributed by atoms with Gasteiger partial charge in [-0.2, -0.15) is 0 Å². The van der Waals surface area contributed by atoms with E-state index in [1.54, 1.807) is 23.6 Å². The summed E-state index contributed by atoms with van der Waals surface area (Å²) in [4.78, 5) is 14.8. The van der Waals surface area contributed by atoms with Crippen LogP contribution in [-0.2, 0) is 11.3 Å². The minimum absolute atomic E-state index is 0.0590. The Labute approximate surface area is 165 Å². The van der Waals surface area contributed by atoms with Gasteiger partial charge in [0.05, 0.1) is 18.0 Å². The molecule has 1 fully saturated rings. The van der Waals surface area contributed by atoms with Gasteiger partial charge in [-0.3, -0.25) is 4.79 Å². The summed E-state index contributed by atoms with van der Waals surface area (Å²) in [6, 6.07) is 9.19. The predicted molar refractivity (Wildman–Crippen MR) is 99.2 cm³/mol. The highest BCUT2D eigenvalue weighted by atomic mass is 32.1. The number of aliphatic hydroxyl groups is 4. The molecular formula is C19H22FNO6S. The molecule has 1 aromatic heterocycles. The molecule has 0 unspecified atom stereocenters. The van der Waals surface area contributed by atoms with Gasteiger partial charge in [0.15, 0.2) is 0 Å². The van der Waals surface area contributed by atoms with Crippen LogP contribution in [0.2, 0.25) is 0 Å². The molecule has 1 aliphatic heterocycles. The first-order valence-corrected chi connectivity index (χ1v) is 9.66. The van der Waals surface area contributed by atoms with Crippen LogP contribution in [0.1, 0.15) is 15.2 Å². The minimum atomic E-state index is -1.52. The van der Waals surface area contributed by atoms with Crippen LogP contribution in [-0.4, -0.2) is 74.9 Å². The van der Waals surface area contributed by atoms with Crippen molar-refractivity contribution in [3.05, 3.63) is 58.0 Å². The lowest BCUT2D eigenvalue weighted by molar-refractivity contribution is -0.231. The Hall–Kier alpha value is -1.88. The summed E-state index contributed by atoms with van der Waals surface area (Å²) in [5, 5.41) is 41.3. The van der Waals surface area contributed by atoms with Crippen molar-refractivity contribution >= 4 is 17.2 Å². The molecule has 28 heavy (non-hydrogen) atoms. The molecule has 1 aliphatic rings. The number of nitrogens with zero attached hydrogens (tertiary/aromatic N) is 1. The lowest BCUT2D eigenvalue weighted by Gasteiger charge is -2.41. The second kappa shape index (κ2) is 9.08. The van der Waals surface area contributed by atoms with Gasteiger partial charge in [-0.25, -0.2) is 4.39 Å². The number of aliphatic hydroxyl groups excluding tert-OH is 4. The zero-order valence-electron chi connectivity index (χ0n) is 14.9. The maximum Gasteiger partial charge on any atom is 0.264 e. The molecule has 1 amide bonds. The Morgan fingerprint density at radius 1 is 1.11 bits per heavy atom. The Kier molecular flexibility index (Phi) is 6.76. The zero-order valence-corrected chi connectivity index (χ0v) is 15.7. The summed E-state index contributed by atoms with van der Waals surface area (Å²) in [5.74, 6) is -0.773. The first-order chi connectivity index (χ1) is 13.4. The van der Waals surface area contributed by atoms with Gasteiger partial charge in [0.25, 0.3) is 5.91 Å². The van der Waals surface area contributed by atoms with Gasteiger partial charge >= 0.3 is 0 Å². The number of benzene rings is 1.